The molecule has 4 nitrogen and oxygen atoms in total. The van der Waals surface area contributed by atoms with Crippen LogP contribution in [0.15, 0.2) is 48.5 Å². The van der Waals surface area contributed by atoms with Crippen molar-refractivity contribution in [3.8, 4) is 0 Å². The van der Waals surface area contributed by atoms with Gasteiger partial charge in [-0.3, -0.25) is 4.79 Å². The van der Waals surface area contributed by atoms with Crippen molar-refractivity contribution >= 4 is 16.8 Å². The monoisotopic (exact) mass is 392 g/mol. The Kier molecular flexibility index (Phi) is 4.63. The van der Waals surface area contributed by atoms with Crippen molar-refractivity contribution < 1.29 is 13.9 Å². The third-order valence-electron chi connectivity index (χ3n) is 6.58. The quantitative estimate of drug-likeness (QED) is 0.687. The molecule has 3 aromatic rings. The Labute approximate surface area is 169 Å². The second-order valence-corrected chi connectivity index (χ2v) is 8.19. The van der Waals surface area contributed by atoms with Gasteiger partial charge in [0.1, 0.15) is 5.82 Å². The number of aryl methyl sites for hydroxylation is 1. The van der Waals surface area contributed by atoms with Crippen LogP contribution in [0.25, 0.3) is 10.9 Å². The third kappa shape index (κ3) is 3.14. The number of ether oxygens (including phenoxy) is 1. The van der Waals surface area contributed by atoms with Crippen LogP contribution in [0.5, 0.6) is 0 Å². The van der Waals surface area contributed by atoms with Crippen LogP contribution < -0.4 is 5.32 Å². The van der Waals surface area contributed by atoms with Crippen molar-refractivity contribution in [2.45, 2.75) is 43.6 Å². The van der Waals surface area contributed by atoms with Gasteiger partial charge in [-0.25, -0.2) is 4.39 Å². The predicted molar refractivity (Wildman–Crippen MR) is 110 cm³/mol. The molecule has 1 aromatic heterocycles. The molecule has 1 fully saturated rings. The minimum atomic E-state index is -0.560. The van der Waals surface area contributed by atoms with E-state index in [4.69, 9.17) is 4.74 Å². The van der Waals surface area contributed by atoms with Crippen LogP contribution in [0, 0.1) is 5.82 Å². The second kappa shape index (κ2) is 7.30. The Morgan fingerprint density at radius 1 is 1.14 bits per heavy atom. The van der Waals surface area contributed by atoms with Crippen LogP contribution in [0.1, 0.15) is 48.5 Å². The van der Waals surface area contributed by atoms with Gasteiger partial charge in [0.15, 0.2) is 0 Å². The smallest absolute Gasteiger partial charge is 0.231 e. The van der Waals surface area contributed by atoms with E-state index in [2.05, 4.69) is 10.3 Å². The zero-order valence-electron chi connectivity index (χ0n) is 16.3. The molecule has 2 heterocycles. The Bertz CT molecular complexity index is 1040. The highest BCUT2D eigenvalue weighted by Crippen LogP contribution is 2.39. The molecule has 0 radical (unpaired) electrons. The van der Waals surface area contributed by atoms with Gasteiger partial charge in [0.05, 0.1) is 11.5 Å². The topological polar surface area (TPSA) is 54.1 Å². The van der Waals surface area contributed by atoms with Crippen molar-refractivity contribution in [2.24, 2.45) is 0 Å². The van der Waals surface area contributed by atoms with Gasteiger partial charge in [0.2, 0.25) is 5.91 Å². The number of amides is 1. The largest absolute Gasteiger partial charge is 0.381 e. The molecule has 5 rings (SSSR count). The Morgan fingerprint density at radius 3 is 2.72 bits per heavy atom. The minimum Gasteiger partial charge on any atom is -0.381 e. The number of benzene rings is 2. The Hall–Kier alpha value is -2.66. The molecule has 2 aromatic carbocycles. The van der Waals surface area contributed by atoms with E-state index in [1.807, 2.05) is 30.3 Å². The molecule has 1 saturated heterocycles. The third-order valence-corrected chi connectivity index (χ3v) is 6.58. The number of hydrogen-bond donors (Lipinski definition) is 2. The lowest BCUT2D eigenvalue weighted by Crippen LogP contribution is -2.49. The van der Waals surface area contributed by atoms with Gasteiger partial charge in [0, 0.05) is 29.8 Å². The van der Waals surface area contributed by atoms with Crippen LogP contribution in [0.3, 0.4) is 0 Å². The van der Waals surface area contributed by atoms with Crippen LogP contribution in [0.2, 0.25) is 0 Å². The van der Waals surface area contributed by atoms with E-state index in [9.17, 15) is 9.18 Å². The van der Waals surface area contributed by atoms with Crippen molar-refractivity contribution in [3.63, 3.8) is 0 Å². The van der Waals surface area contributed by atoms with Crippen LogP contribution in [0.4, 0.5) is 4.39 Å². The first-order valence-corrected chi connectivity index (χ1v) is 10.4. The number of aromatic nitrogens is 1. The van der Waals surface area contributed by atoms with Gasteiger partial charge < -0.3 is 15.0 Å². The molecule has 0 spiro atoms. The number of carbonyl (C=O) groups is 1. The van der Waals surface area contributed by atoms with E-state index in [0.29, 0.717) is 26.1 Å². The number of H-pyrrole nitrogens is 1. The molecule has 29 heavy (non-hydrogen) atoms. The number of fused-ring (bicyclic) bond motifs is 3. The van der Waals surface area contributed by atoms with Crippen molar-refractivity contribution in [1.82, 2.24) is 10.3 Å². The van der Waals surface area contributed by atoms with Gasteiger partial charge in [0.25, 0.3) is 0 Å². The van der Waals surface area contributed by atoms with Gasteiger partial charge in [-0.05, 0) is 61.4 Å². The van der Waals surface area contributed by atoms with E-state index in [1.54, 1.807) is 12.1 Å². The molecule has 2 N–H and O–H groups in total. The maximum atomic E-state index is 13.8. The van der Waals surface area contributed by atoms with Gasteiger partial charge in [-0.1, -0.05) is 30.3 Å². The fourth-order valence-electron chi connectivity index (χ4n) is 5.00. The molecule has 1 aliphatic carbocycles. The molecular formula is C24H25FN2O2. The fourth-order valence-corrected chi connectivity index (χ4v) is 5.00. The molecule has 0 saturated carbocycles. The molecule has 1 atom stereocenters. The van der Waals surface area contributed by atoms with Crippen LogP contribution >= 0.6 is 0 Å². The average Bonchev–Trinajstić information content (AvgIpc) is 3.14. The fraction of sp³-hybridized carbons (Fsp3) is 0.375. The number of aromatic amines is 1. The predicted octanol–water partition coefficient (Wildman–Crippen LogP) is 4.55. The minimum absolute atomic E-state index is 0.0645. The van der Waals surface area contributed by atoms with Crippen molar-refractivity contribution in [1.29, 1.82) is 0 Å². The summed E-state index contributed by atoms with van der Waals surface area (Å²) in [6, 6.07) is 14.8. The lowest BCUT2D eigenvalue weighted by molar-refractivity contribution is -0.131. The second-order valence-electron chi connectivity index (χ2n) is 8.19. The lowest BCUT2D eigenvalue weighted by Gasteiger charge is -2.38. The van der Waals surface area contributed by atoms with Crippen LogP contribution in [-0.4, -0.2) is 24.1 Å². The molecule has 1 aliphatic heterocycles. The standard InChI is InChI=1S/C24H25FN2O2/c25-17-9-10-20-19(15-17)18-7-4-8-21(22(18)26-20)27-23(28)24(11-13-29-14-12-24)16-5-2-1-3-6-16/h1-3,5-6,9-10,15,21,26H,4,7-8,11-14H2,(H,27,28)/t21-/m0/s1. The molecule has 150 valence electrons. The average molecular weight is 392 g/mol. The summed E-state index contributed by atoms with van der Waals surface area (Å²) >= 11 is 0. The molecule has 0 bridgehead atoms. The summed E-state index contributed by atoms with van der Waals surface area (Å²) in [5.41, 5.74) is 3.59. The van der Waals surface area contributed by atoms with Crippen LogP contribution in [-0.2, 0) is 21.4 Å². The maximum Gasteiger partial charge on any atom is 0.231 e. The molecule has 1 amide bonds. The van der Waals surface area contributed by atoms with E-state index < -0.39 is 5.41 Å². The maximum absolute atomic E-state index is 13.8. The molecule has 5 heteroatoms. The Morgan fingerprint density at radius 2 is 1.93 bits per heavy atom. The first-order chi connectivity index (χ1) is 14.2. The highest BCUT2D eigenvalue weighted by Gasteiger charge is 2.43. The summed E-state index contributed by atoms with van der Waals surface area (Å²) < 4.78 is 19.3. The summed E-state index contributed by atoms with van der Waals surface area (Å²) in [5.74, 6) is -0.162. The van der Waals surface area contributed by atoms with E-state index in [0.717, 1.165) is 47.0 Å². The summed E-state index contributed by atoms with van der Waals surface area (Å²) in [7, 11) is 0. The summed E-state index contributed by atoms with van der Waals surface area (Å²) in [6.45, 7) is 1.17. The van der Waals surface area contributed by atoms with Gasteiger partial charge in [-0.2, -0.15) is 0 Å². The Balaban J connectivity index is 1.49. The summed E-state index contributed by atoms with van der Waals surface area (Å²) in [6.07, 6.45) is 4.13. The van der Waals surface area contributed by atoms with Crippen molar-refractivity contribution in [2.75, 3.05) is 13.2 Å². The van der Waals surface area contributed by atoms with Gasteiger partial charge >= 0.3 is 0 Å². The van der Waals surface area contributed by atoms with E-state index in [1.165, 1.54) is 6.07 Å². The zero-order valence-corrected chi connectivity index (χ0v) is 16.3. The number of carbonyl (C=O) groups excluding carboxylic acids is 1. The number of halogens is 1. The number of hydrogen-bond acceptors (Lipinski definition) is 2. The molecule has 2 aliphatic rings. The highest BCUT2D eigenvalue weighted by molar-refractivity contribution is 5.90. The first-order valence-electron chi connectivity index (χ1n) is 10.4. The lowest BCUT2D eigenvalue weighted by atomic mass is 9.73. The number of nitrogens with one attached hydrogen (secondary N) is 2. The molecule has 0 unspecified atom stereocenters. The first kappa shape index (κ1) is 18.4. The summed E-state index contributed by atoms with van der Waals surface area (Å²) in [5, 5.41) is 4.27. The van der Waals surface area contributed by atoms with E-state index in [-0.39, 0.29) is 17.8 Å². The SMILES string of the molecule is O=C(N[C@H]1CCCc2c1[nH]c1ccc(F)cc21)C1(c2ccccc2)CCOCC1. The number of rotatable bonds is 3. The van der Waals surface area contributed by atoms with Crippen molar-refractivity contribution in [3.05, 3.63) is 71.2 Å². The zero-order chi connectivity index (χ0) is 19.8. The van der Waals surface area contributed by atoms with Gasteiger partial charge in [-0.15, -0.1) is 0 Å². The van der Waals surface area contributed by atoms with E-state index >= 15 is 0 Å². The molecular weight excluding hydrogens is 367 g/mol. The summed E-state index contributed by atoms with van der Waals surface area (Å²) in [4.78, 5) is 17.1. The normalized spacial score (nSPS) is 20.9. The highest BCUT2D eigenvalue weighted by atomic mass is 19.1.